The van der Waals surface area contributed by atoms with E-state index in [2.05, 4.69) is 26.3 Å². The van der Waals surface area contributed by atoms with E-state index in [0.717, 1.165) is 22.3 Å². The standard InChI is InChI=1S/C14H15BrClN3OS/c1-21-11-3-4-13(16)12(7-11)14(20)17-5-2-6-19-9-10(15)8-18-19/h3-4,7-9H,2,5-6H2,1H3,(H,17,20). The van der Waals surface area contributed by atoms with Crippen LogP contribution in [0.2, 0.25) is 5.02 Å². The summed E-state index contributed by atoms with van der Waals surface area (Å²) in [6.07, 6.45) is 6.42. The highest BCUT2D eigenvalue weighted by molar-refractivity contribution is 9.10. The van der Waals surface area contributed by atoms with E-state index in [4.69, 9.17) is 11.6 Å². The zero-order chi connectivity index (χ0) is 15.2. The Hall–Kier alpha value is -0.980. The zero-order valence-corrected chi connectivity index (χ0v) is 14.6. The van der Waals surface area contributed by atoms with Crippen molar-refractivity contribution in [3.05, 3.63) is 45.7 Å². The molecule has 1 heterocycles. The monoisotopic (exact) mass is 387 g/mol. The highest BCUT2D eigenvalue weighted by Gasteiger charge is 2.10. The molecule has 0 atom stereocenters. The number of rotatable bonds is 6. The van der Waals surface area contributed by atoms with Gasteiger partial charge in [0.05, 0.1) is 21.3 Å². The van der Waals surface area contributed by atoms with E-state index < -0.39 is 0 Å². The summed E-state index contributed by atoms with van der Waals surface area (Å²) in [5.41, 5.74) is 0.519. The SMILES string of the molecule is CSc1ccc(Cl)c(C(=O)NCCCn2cc(Br)cn2)c1. The number of benzene rings is 1. The first kappa shape index (κ1) is 16.4. The van der Waals surface area contributed by atoms with Gasteiger partial charge in [0.1, 0.15) is 0 Å². The molecule has 1 aromatic carbocycles. The Morgan fingerprint density at radius 3 is 3.00 bits per heavy atom. The van der Waals surface area contributed by atoms with Crippen LogP contribution in [0.4, 0.5) is 0 Å². The molecule has 1 N–H and O–H groups in total. The molecule has 112 valence electrons. The lowest BCUT2D eigenvalue weighted by atomic mass is 10.2. The first-order chi connectivity index (χ1) is 10.1. The number of hydrogen-bond acceptors (Lipinski definition) is 3. The Labute approximate surface area is 141 Å². The fourth-order valence-electron chi connectivity index (χ4n) is 1.80. The van der Waals surface area contributed by atoms with Gasteiger partial charge in [0.2, 0.25) is 0 Å². The summed E-state index contributed by atoms with van der Waals surface area (Å²) >= 11 is 11.0. The number of thioether (sulfide) groups is 1. The predicted octanol–water partition coefficient (Wildman–Crippen LogP) is 3.84. The van der Waals surface area contributed by atoms with Crippen LogP contribution in [0.3, 0.4) is 0 Å². The maximum Gasteiger partial charge on any atom is 0.252 e. The summed E-state index contributed by atoms with van der Waals surface area (Å²) in [4.78, 5) is 13.1. The molecule has 0 spiro atoms. The van der Waals surface area contributed by atoms with E-state index in [9.17, 15) is 4.79 Å². The Balaban J connectivity index is 1.84. The van der Waals surface area contributed by atoms with Crippen LogP contribution in [-0.2, 0) is 6.54 Å². The fourth-order valence-corrected chi connectivity index (χ4v) is 2.78. The average Bonchev–Trinajstić information content (AvgIpc) is 2.89. The minimum atomic E-state index is -0.141. The van der Waals surface area contributed by atoms with Gasteiger partial charge < -0.3 is 5.32 Å². The molecule has 0 saturated heterocycles. The highest BCUT2D eigenvalue weighted by atomic mass is 79.9. The van der Waals surface area contributed by atoms with Gasteiger partial charge in [-0.25, -0.2) is 0 Å². The molecule has 2 rings (SSSR count). The number of amides is 1. The molecule has 21 heavy (non-hydrogen) atoms. The van der Waals surface area contributed by atoms with Crippen LogP contribution < -0.4 is 5.32 Å². The van der Waals surface area contributed by atoms with Crippen molar-refractivity contribution in [2.24, 2.45) is 0 Å². The van der Waals surface area contributed by atoms with Crippen LogP contribution in [-0.4, -0.2) is 28.5 Å². The average molecular weight is 389 g/mol. The molecule has 2 aromatic rings. The molecule has 0 unspecified atom stereocenters. The lowest BCUT2D eigenvalue weighted by Gasteiger charge is -2.08. The third-order valence-electron chi connectivity index (χ3n) is 2.87. The minimum Gasteiger partial charge on any atom is -0.352 e. The van der Waals surface area contributed by atoms with Crippen molar-refractivity contribution in [3.63, 3.8) is 0 Å². The molecule has 1 amide bonds. The number of halogens is 2. The van der Waals surface area contributed by atoms with Crippen molar-refractivity contribution < 1.29 is 4.79 Å². The van der Waals surface area contributed by atoms with Gasteiger partial charge in [-0.1, -0.05) is 11.6 Å². The van der Waals surface area contributed by atoms with Crippen LogP contribution in [0.5, 0.6) is 0 Å². The largest absolute Gasteiger partial charge is 0.352 e. The van der Waals surface area contributed by atoms with Gasteiger partial charge in [0, 0.05) is 24.2 Å². The number of aromatic nitrogens is 2. The van der Waals surface area contributed by atoms with Gasteiger partial charge in [0.15, 0.2) is 0 Å². The second-order valence-electron chi connectivity index (χ2n) is 4.38. The first-order valence-corrected chi connectivity index (χ1v) is 8.79. The number of aryl methyl sites for hydroxylation is 1. The molecule has 1 aromatic heterocycles. The van der Waals surface area contributed by atoms with E-state index >= 15 is 0 Å². The Bertz CT molecular complexity index is 632. The minimum absolute atomic E-state index is 0.141. The summed E-state index contributed by atoms with van der Waals surface area (Å²) in [6.45, 7) is 1.33. The summed E-state index contributed by atoms with van der Waals surface area (Å²) < 4.78 is 2.78. The summed E-state index contributed by atoms with van der Waals surface area (Å²) in [6, 6.07) is 5.47. The summed E-state index contributed by atoms with van der Waals surface area (Å²) in [5.74, 6) is -0.141. The van der Waals surface area contributed by atoms with Crippen molar-refractivity contribution in [1.82, 2.24) is 15.1 Å². The van der Waals surface area contributed by atoms with E-state index in [1.807, 2.05) is 29.3 Å². The van der Waals surface area contributed by atoms with Crippen LogP contribution >= 0.6 is 39.3 Å². The summed E-state index contributed by atoms with van der Waals surface area (Å²) in [7, 11) is 0. The van der Waals surface area contributed by atoms with Crippen molar-refractivity contribution >= 4 is 45.2 Å². The molecule has 4 nitrogen and oxygen atoms in total. The molecule has 0 aliphatic heterocycles. The normalized spacial score (nSPS) is 10.6. The van der Waals surface area contributed by atoms with Crippen molar-refractivity contribution in [1.29, 1.82) is 0 Å². The zero-order valence-electron chi connectivity index (χ0n) is 11.5. The molecule has 0 radical (unpaired) electrons. The van der Waals surface area contributed by atoms with Crippen LogP contribution in [0, 0.1) is 0 Å². The van der Waals surface area contributed by atoms with E-state index in [1.54, 1.807) is 24.0 Å². The molecule has 0 saturated carbocycles. The van der Waals surface area contributed by atoms with E-state index in [0.29, 0.717) is 17.1 Å². The maximum atomic E-state index is 12.1. The van der Waals surface area contributed by atoms with Gasteiger partial charge in [-0.15, -0.1) is 11.8 Å². The van der Waals surface area contributed by atoms with Gasteiger partial charge in [-0.05, 0) is 46.8 Å². The second kappa shape index (κ2) is 7.87. The molecule has 0 bridgehead atoms. The number of nitrogens with one attached hydrogen (secondary N) is 1. The molecule has 0 fully saturated rings. The lowest BCUT2D eigenvalue weighted by Crippen LogP contribution is -2.25. The number of carbonyl (C=O) groups excluding carboxylic acids is 1. The number of carbonyl (C=O) groups is 1. The fraction of sp³-hybridized carbons (Fsp3) is 0.286. The van der Waals surface area contributed by atoms with Gasteiger partial charge >= 0.3 is 0 Å². The second-order valence-corrected chi connectivity index (χ2v) is 6.58. The third kappa shape index (κ3) is 4.76. The third-order valence-corrected chi connectivity index (χ3v) is 4.33. The highest BCUT2D eigenvalue weighted by Crippen LogP contribution is 2.22. The molecule has 0 aliphatic carbocycles. The van der Waals surface area contributed by atoms with Crippen molar-refractivity contribution in [2.45, 2.75) is 17.9 Å². The Morgan fingerprint density at radius 1 is 1.52 bits per heavy atom. The maximum absolute atomic E-state index is 12.1. The van der Waals surface area contributed by atoms with E-state index in [-0.39, 0.29) is 5.91 Å². The van der Waals surface area contributed by atoms with Crippen LogP contribution in [0.15, 0.2) is 40.0 Å². The number of nitrogens with zero attached hydrogens (tertiary/aromatic N) is 2. The number of hydrogen-bond donors (Lipinski definition) is 1. The summed E-state index contributed by atoms with van der Waals surface area (Å²) in [5, 5.41) is 7.52. The first-order valence-electron chi connectivity index (χ1n) is 6.40. The smallest absolute Gasteiger partial charge is 0.252 e. The Morgan fingerprint density at radius 2 is 2.33 bits per heavy atom. The molecule has 7 heteroatoms. The quantitative estimate of drug-likeness (QED) is 0.604. The van der Waals surface area contributed by atoms with Crippen LogP contribution in [0.1, 0.15) is 16.8 Å². The van der Waals surface area contributed by atoms with Gasteiger partial charge in [-0.3, -0.25) is 9.48 Å². The lowest BCUT2D eigenvalue weighted by molar-refractivity contribution is 0.0952. The van der Waals surface area contributed by atoms with Gasteiger partial charge in [0.25, 0.3) is 5.91 Å². The van der Waals surface area contributed by atoms with E-state index in [1.165, 1.54) is 0 Å². The molecular weight excluding hydrogens is 374 g/mol. The van der Waals surface area contributed by atoms with Crippen molar-refractivity contribution in [2.75, 3.05) is 12.8 Å². The molecular formula is C14H15BrClN3OS. The molecule has 0 aliphatic rings. The Kier molecular flexibility index (Phi) is 6.14. The van der Waals surface area contributed by atoms with Crippen molar-refractivity contribution in [3.8, 4) is 0 Å². The van der Waals surface area contributed by atoms with Crippen LogP contribution in [0.25, 0.3) is 0 Å². The topological polar surface area (TPSA) is 46.9 Å². The predicted molar refractivity (Wildman–Crippen MR) is 90.1 cm³/mol. The van der Waals surface area contributed by atoms with Gasteiger partial charge in [-0.2, -0.15) is 5.10 Å².